The van der Waals surface area contributed by atoms with Gasteiger partial charge in [0, 0.05) is 5.56 Å². The van der Waals surface area contributed by atoms with Crippen LogP contribution in [0.1, 0.15) is 33.3 Å². The lowest BCUT2D eigenvalue weighted by atomic mass is 9.96. The summed E-state index contributed by atoms with van der Waals surface area (Å²) in [5.41, 5.74) is 2.51. The average Bonchev–Trinajstić information content (AvgIpc) is 3.22. The van der Waals surface area contributed by atoms with E-state index in [4.69, 9.17) is 0 Å². The van der Waals surface area contributed by atoms with Crippen LogP contribution < -0.4 is 10.2 Å². The maximum atomic E-state index is 13.4. The predicted octanol–water partition coefficient (Wildman–Crippen LogP) is 4.28. The number of hydrogen-bond donors (Lipinski definition) is 2. The molecule has 4 rings (SSSR count). The van der Waals surface area contributed by atoms with Gasteiger partial charge in [-0.05, 0) is 44.9 Å². The van der Waals surface area contributed by atoms with Crippen molar-refractivity contribution < 1.29 is 9.59 Å². The van der Waals surface area contributed by atoms with Crippen LogP contribution in [0.25, 0.3) is 11.4 Å². The Hall–Kier alpha value is -3.13. The maximum absolute atomic E-state index is 13.4. The van der Waals surface area contributed by atoms with Gasteiger partial charge in [-0.2, -0.15) is 0 Å². The fourth-order valence-electron chi connectivity index (χ4n) is 3.56. The molecule has 2 heterocycles. The lowest BCUT2D eigenvalue weighted by Crippen LogP contribution is -2.60. The van der Waals surface area contributed by atoms with Gasteiger partial charge >= 0.3 is 0 Å². The number of aryl methyl sites for hydroxylation is 1. The Kier molecular flexibility index (Phi) is 5.58. The van der Waals surface area contributed by atoms with Crippen LogP contribution in [0.4, 0.5) is 11.4 Å². The molecule has 1 unspecified atom stereocenters. The van der Waals surface area contributed by atoms with Crippen LogP contribution in [-0.4, -0.2) is 37.8 Å². The standard InChI is InChI=1S/C23H25N5O2S/c1-5-15-10-12-16(13-11-15)19-25-22(27-26-19)31-14(2)20(29)28-18-9-7-6-8-17(18)24-21(30)23(28,3)4/h6-14H,5H2,1-4H3,(H,24,30)(H,25,26,27). The molecule has 31 heavy (non-hydrogen) atoms. The van der Waals surface area contributed by atoms with Gasteiger partial charge in [0.1, 0.15) is 5.54 Å². The van der Waals surface area contributed by atoms with Crippen molar-refractivity contribution in [3.05, 3.63) is 54.1 Å². The minimum Gasteiger partial charge on any atom is -0.322 e. The van der Waals surface area contributed by atoms with E-state index in [0.717, 1.165) is 12.0 Å². The number of benzene rings is 2. The summed E-state index contributed by atoms with van der Waals surface area (Å²) in [5, 5.41) is 10.1. The summed E-state index contributed by atoms with van der Waals surface area (Å²) in [5.74, 6) is 0.274. The summed E-state index contributed by atoms with van der Waals surface area (Å²) < 4.78 is 0. The van der Waals surface area contributed by atoms with E-state index < -0.39 is 10.8 Å². The third-order valence-electron chi connectivity index (χ3n) is 5.46. The Bertz CT molecular complexity index is 1120. The third kappa shape index (κ3) is 3.95. The van der Waals surface area contributed by atoms with Gasteiger partial charge in [0.25, 0.3) is 0 Å². The van der Waals surface area contributed by atoms with Crippen LogP contribution in [0, 0.1) is 0 Å². The van der Waals surface area contributed by atoms with Crippen LogP contribution in [0.3, 0.4) is 0 Å². The minimum absolute atomic E-state index is 0.170. The average molecular weight is 436 g/mol. The van der Waals surface area contributed by atoms with Crippen LogP contribution in [0.5, 0.6) is 0 Å². The van der Waals surface area contributed by atoms with Gasteiger partial charge in [0.05, 0.1) is 16.6 Å². The molecule has 2 aromatic carbocycles. The summed E-state index contributed by atoms with van der Waals surface area (Å²) >= 11 is 1.27. The fourth-order valence-corrected chi connectivity index (χ4v) is 4.33. The van der Waals surface area contributed by atoms with Gasteiger partial charge in [-0.25, -0.2) is 4.98 Å². The van der Waals surface area contributed by atoms with Gasteiger partial charge in [-0.15, -0.1) is 5.10 Å². The van der Waals surface area contributed by atoms with Gasteiger partial charge in [0.15, 0.2) is 5.82 Å². The molecule has 0 saturated carbocycles. The van der Waals surface area contributed by atoms with Crippen molar-refractivity contribution in [3.8, 4) is 11.4 Å². The van der Waals surface area contributed by atoms with Crippen LogP contribution in [0.15, 0.2) is 53.7 Å². The first-order valence-electron chi connectivity index (χ1n) is 10.2. The highest BCUT2D eigenvalue weighted by Gasteiger charge is 2.44. The predicted molar refractivity (Wildman–Crippen MR) is 123 cm³/mol. The Morgan fingerprint density at radius 2 is 1.87 bits per heavy atom. The number of thioether (sulfide) groups is 1. The molecule has 0 fully saturated rings. The van der Waals surface area contributed by atoms with E-state index in [9.17, 15) is 9.59 Å². The van der Waals surface area contributed by atoms with E-state index >= 15 is 0 Å². The number of carbonyl (C=O) groups is 2. The molecule has 0 aliphatic carbocycles. The SMILES string of the molecule is CCc1ccc(-c2nc(SC(C)C(=O)N3c4ccccc4NC(=O)C3(C)C)n[nH]2)cc1. The molecule has 0 spiro atoms. The molecule has 7 nitrogen and oxygen atoms in total. The number of H-pyrrole nitrogens is 1. The van der Waals surface area contributed by atoms with Gasteiger partial charge in [-0.1, -0.05) is 55.1 Å². The van der Waals surface area contributed by atoms with Gasteiger partial charge < -0.3 is 5.32 Å². The summed E-state index contributed by atoms with van der Waals surface area (Å²) in [4.78, 5) is 32.2. The molecule has 1 aliphatic rings. The monoisotopic (exact) mass is 435 g/mol. The van der Waals surface area contributed by atoms with Crippen molar-refractivity contribution in [2.24, 2.45) is 0 Å². The Balaban J connectivity index is 1.55. The number of aromatic amines is 1. The molecular weight excluding hydrogens is 410 g/mol. The number of aromatic nitrogens is 3. The van der Waals surface area contributed by atoms with Crippen molar-refractivity contribution in [2.45, 2.75) is 50.1 Å². The highest BCUT2D eigenvalue weighted by Crippen LogP contribution is 2.38. The largest absolute Gasteiger partial charge is 0.322 e. The van der Waals surface area contributed by atoms with E-state index in [1.807, 2.05) is 37.3 Å². The number of fused-ring (bicyclic) bond motifs is 1. The fraction of sp³-hybridized carbons (Fsp3) is 0.304. The molecule has 0 radical (unpaired) electrons. The molecule has 1 aromatic heterocycles. The first-order valence-corrected chi connectivity index (χ1v) is 11.1. The topological polar surface area (TPSA) is 91.0 Å². The van der Waals surface area contributed by atoms with E-state index in [-0.39, 0.29) is 11.8 Å². The zero-order chi connectivity index (χ0) is 22.2. The Morgan fingerprint density at radius 3 is 2.58 bits per heavy atom. The summed E-state index contributed by atoms with van der Waals surface area (Å²) in [7, 11) is 0. The second-order valence-corrected chi connectivity index (χ2v) is 9.29. The van der Waals surface area contributed by atoms with Crippen LogP contribution in [0.2, 0.25) is 0 Å². The summed E-state index contributed by atoms with van der Waals surface area (Å²) in [6.07, 6.45) is 0.978. The quantitative estimate of drug-likeness (QED) is 0.584. The molecule has 3 aromatic rings. The number of hydrogen-bond acceptors (Lipinski definition) is 5. The first kappa shape index (κ1) is 21.1. The highest BCUT2D eigenvalue weighted by atomic mass is 32.2. The number of nitrogens with one attached hydrogen (secondary N) is 2. The van der Waals surface area contributed by atoms with Crippen LogP contribution in [-0.2, 0) is 16.0 Å². The summed E-state index contributed by atoms with van der Waals surface area (Å²) in [6.45, 7) is 7.42. The highest BCUT2D eigenvalue weighted by molar-refractivity contribution is 8.00. The second kappa shape index (κ2) is 8.19. The number of amides is 2. The smallest absolute Gasteiger partial charge is 0.250 e. The lowest BCUT2D eigenvalue weighted by molar-refractivity contribution is -0.126. The third-order valence-corrected chi connectivity index (χ3v) is 6.41. The van der Waals surface area contributed by atoms with Crippen molar-refractivity contribution in [3.63, 3.8) is 0 Å². The molecule has 1 aliphatic heterocycles. The number of rotatable bonds is 5. The lowest BCUT2D eigenvalue weighted by Gasteiger charge is -2.42. The second-order valence-electron chi connectivity index (χ2n) is 7.98. The van der Waals surface area contributed by atoms with Gasteiger partial charge in [-0.3, -0.25) is 19.6 Å². The van der Waals surface area contributed by atoms with Gasteiger partial charge in [0.2, 0.25) is 17.0 Å². The number of carbonyl (C=O) groups excluding carboxylic acids is 2. The minimum atomic E-state index is -1.01. The van der Waals surface area contributed by atoms with E-state index in [1.165, 1.54) is 17.3 Å². The molecule has 2 N–H and O–H groups in total. The Morgan fingerprint density at radius 1 is 1.16 bits per heavy atom. The molecular formula is C23H25N5O2S. The normalized spacial score (nSPS) is 15.9. The summed E-state index contributed by atoms with van der Waals surface area (Å²) in [6, 6.07) is 15.5. The molecule has 8 heteroatoms. The Labute approximate surface area is 185 Å². The van der Waals surface area contributed by atoms with Crippen molar-refractivity contribution in [1.82, 2.24) is 15.2 Å². The number of anilines is 2. The molecule has 2 amide bonds. The van der Waals surface area contributed by atoms with E-state index in [0.29, 0.717) is 22.4 Å². The first-order chi connectivity index (χ1) is 14.8. The molecule has 1 atom stereocenters. The molecule has 160 valence electrons. The van der Waals surface area contributed by atoms with Crippen molar-refractivity contribution in [2.75, 3.05) is 10.2 Å². The van der Waals surface area contributed by atoms with Crippen LogP contribution >= 0.6 is 11.8 Å². The molecule has 0 saturated heterocycles. The van der Waals surface area contributed by atoms with E-state index in [1.54, 1.807) is 24.8 Å². The maximum Gasteiger partial charge on any atom is 0.250 e. The van der Waals surface area contributed by atoms with Crippen molar-refractivity contribution in [1.29, 1.82) is 0 Å². The van der Waals surface area contributed by atoms with Crippen molar-refractivity contribution >= 4 is 35.0 Å². The zero-order valence-electron chi connectivity index (χ0n) is 18.0. The zero-order valence-corrected chi connectivity index (χ0v) is 18.8. The molecule has 0 bridgehead atoms. The number of nitrogens with zero attached hydrogens (tertiary/aromatic N) is 3. The number of para-hydroxylation sites is 2. The van der Waals surface area contributed by atoms with E-state index in [2.05, 4.69) is 39.6 Å².